The molecule has 0 atom stereocenters. The van der Waals surface area contributed by atoms with Crippen molar-refractivity contribution in [2.24, 2.45) is 0 Å². The minimum atomic E-state index is -0.0220. The molecule has 0 aliphatic carbocycles. The Kier molecular flexibility index (Phi) is 3.89. The Balaban J connectivity index is 2.63. The van der Waals surface area contributed by atoms with Crippen LogP contribution in [0, 0.1) is 0 Å². The van der Waals surface area contributed by atoms with Gasteiger partial charge in [-0.1, -0.05) is 0 Å². The molecule has 2 aromatic rings. The normalized spacial score (nSPS) is 10.2. The van der Waals surface area contributed by atoms with Crippen LogP contribution < -0.4 is 14.2 Å². The molecular formula is C15H16O5. The summed E-state index contributed by atoms with van der Waals surface area (Å²) in [5.41, 5.74) is 0.877. The van der Waals surface area contributed by atoms with E-state index in [1.165, 1.54) is 33.5 Å². The van der Waals surface area contributed by atoms with Gasteiger partial charge in [-0.2, -0.15) is 0 Å². The number of rotatable bonds is 4. The van der Waals surface area contributed by atoms with Crippen LogP contribution in [0.5, 0.6) is 28.7 Å². The van der Waals surface area contributed by atoms with E-state index in [4.69, 9.17) is 14.2 Å². The van der Waals surface area contributed by atoms with Crippen molar-refractivity contribution in [3.8, 4) is 39.9 Å². The van der Waals surface area contributed by atoms with Gasteiger partial charge in [-0.25, -0.2) is 0 Å². The van der Waals surface area contributed by atoms with Crippen molar-refractivity contribution in [2.45, 2.75) is 0 Å². The molecule has 20 heavy (non-hydrogen) atoms. The molecule has 0 amide bonds. The maximum Gasteiger partial charge on any atom is 0.164 e. The number of phenols is 2. The van der Waals surface area contributed by atoms with Gasteiger partial charge in [-0.15, -0.1) is 0 Å². The number of hydrogen-bond donors (Lipinski definition) is 2. The molecule has 0 heterocycles. The van der Waals surface area contributed by atoms with Crippen molar-refractivity contribution < 1.29 is 24.4 Å². The third-order valence-corrected chi connectivity index (χ3v) is 3.00. The zero-order chi connectivity index (χ0) is 14.7. The van der Waals surface area contributed by atoms with E-state index in [1.54, 1.807) is 18.2 Å². The second kappa shape index (κ2) is 5.61. The molecule has 0 bridgehead atoms. The summed E-state index contributed by atoms with van der Waals surface area (Å²) >= 11 is 0. The van der Waals surface area contributed by atoms with Gasteiger partial charge in [0.1, 0.15) is 17.2 Å². The molecule has 5 nitrogen and oxygen atoms in total. The molecule has 0 aliphatic rings. The van der Waals surface area contributed by atoms with E-state index in [0.717, 1.165) is 0 Å². The van der Waals surface area contributed by atoms with Gasteiger partial charge in [-0.05, 0) is 24.3 Å². The molecule has 2 rings (SSSR count). The van der Waals surface area contributed by atoms with Gasteiger partial charge in [0.25, 0.3) is 0 Å². The molecule has 0 radical (unpaired) electrons. The molecule has 0 aromatic heterocycles. The summed E-state index contributed by atoms with van der Waals surface area (Å²) in [4.78, 5) is 0. The highest BCUT2D eigenvalue weighted by Crippen LogP contribution is 2.43. The van der Waals surface area contributed by atoms with E-state index < -0.39 is 0 Å². The number of hydrogen-bond acceptors (Lipinski definition) is 5. The van der Waals surface area contributed by atoms with Crippen molar-refractivity contribution in [3.05, 3.63) is 30.3 Å². The molecule has 106 valence electrons. The molecule has 0 unspecified atom stereocenters. The SMILES string of the molecule is COc1ccc(O)c(-c2cc(OC)c(OC)cc2O)c1. The van der Waals surface area contributed by atoms with Crippen LogP contribution in [0.15, 0.2) is 30.3 Å². The highest BCUT2D eigenvalue weighted by atomic mass is 16.5. The predicted octanol–water partition coefficient (Wildman–Crippen LogP) is 2.79. The fourth-order valence-corrected chi connectivity index (χ4v) is 1.94. The monoisotopic (exact) mass is 276 g/mol. The van der Waals surface area contributed by atoms with E-state index >= 15 is 0 Å². The first-order chi connectivity index (χ1) is 9.60. The molecule has 0 saturated carbocycles. The Morgan fingerprint density at radius 3 is 1.90 bits per heavy atom. The number of methoxy groups -OCH3 is 3. The van der Waals surface area contributed by atoms with Crippen molar-refractivity contribution in [3.63, 3.8) is 0 Å². The van der Waals surface area contributed by atoms with Gasteiger partial charge in [-0.3, -0.25) is 0 Å². The fourth-order valence-electron chi connectivity index (χ4n) is 1.94. The first kappa shape index (κ1) is 13.9. The Bertz CT molecular complexity index is 622. The molecule has 2 aromatic carbocycles. The van der Waals surface area contributed by atoms with Gasteiger partial charge in [0.05, 0.1) is 21.3 Å². The van der Waals surface area contributed by atoms with Crippen LogP contribution in [0.2, 0.25) is 0 Å². The molecule has 5 heteroatoms. The summed E-state index contributed by atoms with van der Waals surface area (Å²) in [6.45, 7) is 0. The minimum absolute atomic E-state index is 0.0220. The van der Waals surface area contributed by atoms with Crippen LogP contribution in [-0.4, -0.2) is 31.5 Å². The molecule has 0 saturated heterocycles. The Hall–Kier alpha value is -2.56. The number of phenolic OH excluding ortho intramolecular Hbond substituents is 2. The molecule has 0 fully saturated rings. The van der Waals surface area contributed by atoms with Gasteiger partial charge >= 0.3 is 0 Å². The zero-order valence-corrected chi connectivity index (χ0v) is 11.5. The summed E-state index contributed by atoms with van der Waals surface area (Å²) in [5.74, 6) is 1.46. The molecule has 0 spiro atoms. The van der Waals surface area contributed by atoms with Crippen molar-refractivity contribution in [2.75, 3.05) is 21.3 Å². The van der Waals surface area contributed by atoms with Gasteiger partial charge in [0, 0.05) is 17.2 Å². The van der Waals surface area contributed by atoms with Gasteiger partial charge in [0.2, 0.25) is 0 Å². The van der Waals surface area contributed by atoms with Crippen molar-refractivity contribution in [1.82, 2.24) is 0 Å². The largest absolute Gasteiger partial charge is 0.507 e. The summed E-state index contributed by atoms with van der Waals surface area (Å²) in [6.07, 6.45) is 0. The molecular weight excluding hydrogens is 260 g/mol. The number of aromatic hydroxyl groups is 2. The lowest BCUT2D eigenvalue weighted by atomic mass is 10.0. The van der Waals surface area contributed by atoms with E-state index in [2.05, 4.69) is 0 Å². The minimum Gasteiger partial charge on any atom is -0.507 e. The highest BCUT2D eigenvalue weighted by Gasteiger charge is 2.15. The zero-order valence-electron chi connectivity index (χ0n) is 11.5. The van der Waals surface area contributed by atoms with E-state index in [9.17, 15) is 10.2 Å². The standard InChI is InChI=1S/C15H16O5/c1-18-9-4-5-12(16)10(6-9)11-7-14(19-2)15(20-3)8-13(11)17/h4-8,16-17H,1-3H3. The molecule has 2 N–H and O–H groups in total. The third-order valence-electron chi connectivity index (χ3n) is 3.00. The Labute approximate surface area is 117 Å². The number of benzene rings is 2. The van der Waals surface area contributed by atoms with Crippen LogP contribution >= 0.6 is 0 Å². The first-order valence-corrected chi connectivity index (χ1v) is 5.93. The van der Waals surface area contributed by atoms with E-state index in [1.807, 2.05) is 0 Å². The lowest BCUT2D eigenvalue weighted by Crippen LogP contribution is -1.92. The maximum atomic E-state index is 10.1. The van der Waals surface area contributed by atoms with Crippen molar-refractivity contribution in [1.29, 1.82) is 0 Å². The highest BCUT2D eigenvalue weighted by molar-refractivity contribution is 5.79. The summed E-state index contributed by atoms with van der Waals surface area (Å²) in [6, 6.07) is 7.81. The van der Waals surface area contributed by atoms with Crippen molar-refractivity contribution >= 4 is 0 Å². The average molecular weight is 276 g/mol. The van der Waals surface area contributed by atoms with Gasteiger partial charge < -0.3 is 24.4 Å². The Morgan fingerprint density at radius 2 is 1.30 bits per heavy atom. The quantitative estimate of drug-likeness (QED) is 0.898. The first-order valence-electron chi connectivity index (χ1n) is 5.93. The Morgan fingerprint density at radius 1 is 0.700 bits per heavy atom. The summed E-state index contributed by atoms with van der Waals surface area (Å²) in [5, 5.41) is 20.1. The summed E-state index contributed by atoms with van der Waals surface area (Å²) in [7, 11) is 4.52. The van der Waals surface area contributed by atoms with Crippen LogP contribution in [0.4, 0.5) is 0 Å². The summed E-state index contributed by atoms with van der Waals surface area (Å²) < 4.78 is 15.4. The lowest BCUT2D eigenvalue weighted by Gasteiger charge is -2.13. The second-order valence-corrected chi connectivity index (χ2v) is 4.11. The smallest absolute Gasteiger partial charge is 0.164 e. The number of ether oxygens (including phenoxy) is 3. The van der Waals surface area contributed by atoms with Crippen LogP contribution in [-0.2, 0) is 0 Å². The van der Waals surface area contributed by atoms with Crippen LogP contribution in [0.1, 0.15) is 0 Å². The predicted molar refractivity (Wildman–Crippen MR) is 74.9 cm³/mol. The van der Waals surface area contributed by atoms with Crippen LogP contribution in [0.3, 0.4) is 0 Å². The van der Waals surface area contributed by atoms with E-state index in [0.29, 0.717) is 28.4 Å². The average Bonchev–Trinajstić information content (AvgIpc) is 2.47. The lowest BCUT2D eigenvalue weighted by molar-refractivity contribution is 0.351. The second-order valence-electron chi connectivity index (χ2n) is 4.11. The van der Waals surface area contributed by atoms with E-state index in [-0.39, 0.29) is 11.5 Å². The van der Waals surface area contributed by atoms with Gasteiger partial charge in [0.15, 0.2) is 11.5 Å². The maximum absolute atomic E-state index is 10.1. The third kappa shape index (κ3) is 2.42. The van der Waals surface area contributed by atoms with Crippen LogP contribution in [0.25, 0.3) is 11.1 Å². The topological polar surface area (TPSA) is 68.2 Å². The fraction of sp³-hybridized carbons (Fsp3) is 0.200. The molecule has 0 aliphatic heterocycles.